The maximum atomic E-state index is 13.7. The third-order valence-electron chi connectivity index (χ3n) is 4.86. The maximum Gasteiger partial charge on any atom is 0.325 e. The van der Waals surface area contributed by atoms with Crippen molar-refractivity contribution in [2.24, 2.45) is 0 Å². The van der Waals surface area contributed by atoms with Gasteiger partial charge in [0.25, 0.3) is 5.91 Å². The smallest absolute Gasteiger partial charge is 0.325 e. The fourth-order valence-electron chi connectivity index (χ4n) is 3.38. The third-order valence-corrected chi connectivity index (χ3v) is 5.23. The molecular formula is C26H26N2O3S. The predicted molar refractivity (Wildman–Crippen MR) is 129 cm³/mol. The van der Waals surface area contributed by atoms with Gasteiger partial charge in [0.15, 0.2) is 0 Å². The average Bonchev–Trinajstić information content (AvgIpc) is 2.84. The number of hydrogen-bond acceptors (Lipinski definition) is 4. The van der Waals surface area contributed by atoms with Crippen molar-refractivity contribution in [2.45, 2.75) is 19.5 Å². The molecule has 0 radical (unpaired) electrons. The summed E-state index contributed by atoms with van der Waals surface area (Å²) in [5.74, 6) is -0.547. The molecule has 1 atom stereocenters. The SMILES string of the molecule is CCOC(=O)CNC(=S)C(c1ccccc1)N(Cc1ccccc1)C(=O)c1ccccc1. The Labute approximate surface area is 194 Å². The van der Waals surface area contributed by atoms with Crippen molar-refractivity contribution in [2.75, 3.05) is 13.2 Å². The van der Waals surface area contributed by atoms with Gasteiger partial charge in [0.2, 0.25) is 0 Å². The molecule has 3 aromatic carbocycles. The lowest BCUT2D eigenvalue weighted by atomic mass is 10.0. The summed E-state index contributed by atoms with van der Waals surface area (Å²) >= 11 is 5.71. The highest BCUT2D eigenvalue weighted by Gasteiger charge is 2.30. The van der Waals surface area contributed by atoms with Crippen LogP contribution >= 0.6 is 12.2 Å². The van der Waals surface area contributed by atoms with Crippen LogP contribution in [0.3, 0.4) is 0 Å². The Kier molecular flexibility index (Phi) is 8.52. The monoisotopic (exact) mass is 446 g/mol. The van der Waals surface area contributed by atoms with Gasteiger partial charge in [-0.3, -0.25) is 9.59 Å². The van der Waals surface area contributed by atoms with Crippen LogP contribution in [-0.2, 0) is 16.1 Å². The first-order valence-corrected chi connectivity index (χ1v) is 10.9. The normalized spacial score (nSPS) is 11.3. The number of carbonyl (C=O) groups excluding carboxylic acids is 2. The van der Waals surface area contributed by atoms with E-state index in [1.165, 1.54) is 0 Å². The van der Waals surface area contributed by atoms with Gasteiger partial charge in [-0.05, 0) is 30.2 Å². The number of hydrogen-bond donors (Lipinski definition) is 1. The van der Waals surface area contributed by atoms with Crippen molar-refractivity contribution >= 4 is 29.1 Å². The van der Waals surface area contributed by atoms with Crippen LogP contribution in [0.15, 0.2) is 91.0 Å². The summed E-state index contributed by atoms with van der Waals surface area (Å²) in [4.78, 5) is 27.7. The number of nitrogens with zero attached hydrogens (tertiary/aromatic N) is 1. The molecule has 1 N–H and O–H groups in total. The summed E-state index contributed by atoms with van der Waals surface area (Å²) < 4.78 is 5.01. The van der Waals surface area contributed by atoms with Gasteiger partial charge in [0.1, 0.15) is 17.6 Å². The van der Waals surface area contributed by atoms with E-state index in [1.807, 2.05) is 78.9 Å². The summed E-state index contributed by atoms with van der Waals surface area (Å²) in [7, 11) is 0. The van der Waals surface area contributed by atoms with Gasteiger partial charge in [-0.15, -0.1) is 0 Å². The topological polar surface area (TPSA) is 58.6 Å². The average molecular weight is 447 g/mol. The second kappa shape index (κ2) is 11.8. The fourth-order valence-corrected chi connectivity index (χ4v) is 3.72. The second-order valence-corrected chi connectivity index (χ2v) is 7.56. The molecule has 0 aliphatic heterocycles. The molecule has 3 rings (SSSR count). The lowest BCUT2D eigenvalue weighted by Gasteiger charge is -2.33. The molecule has 0 spiro atoms. The molecule has 3 aromatic rings. The van der Waals surface area contributed by atoms with Crippen molar-refractivity contribution in [1.29, 1.82) is 0 Å². The number of carbonyl (C=O) groups is 2. The minimum absolute atomic E-state index is 0.0608. The van der Waals surface area contributed by atoms with Crippen LogP contribution in [-0.4, -0.2) is 34.9 Å². The van der Waals surface area contributed by atoms with E-state index in [0.717, 1.165) is 11.1 Å². The Morgan fingerprint density at radius 1 is 0.906 bits per heavy atom. The van der Waals surface area contributed by atoms with Crippen LogP contribution < -0.4 is 5.32 Å². The Bertz CT molecular complexity index is 1030. The van der Waals surface area contributed by atoms with E-state index in [4.69, 9.17) is 17.0 Å². The largest absolute Gasteiger partial charge is 0.465 e. The molecule has 0 heterocycles. The summed E-state index contributed by atoms with van der Waals surface area (Å²) in [5, 5.41) is 3.00. The van der Waals surface area contributed by atoms with Crippen LogP contribution in [0.1, 0.15) is 34.5 Å². The zero-order valence-electron chi connectivity index (χ0n) is 17.9. The van der Waals surface area contributed by atoms with E-state index >= 15 is 0 Å². The standard InChI is InChI=1S/C26H26N2O3S/c1-2-31-23(29)18-27-25(32)24(21-14-8-4-9-15-21)28(19-20-12-6-3-7-13-20)26(30)22-16-10-5-11-17-22/h3-17,24H,2,18-19H2,1H3,(H,27,32). The van der Waals surface area contributed by atoms with E-state index < -0.39 is 12.0 Å². The first-order valence-electron chi connectivity index (χ1n) is 10.5. The molecule has 0 saturated heterocycles. The highest BCUT2D eigenvalue weighted by Crippen LogP contribution is 2.26. The molecule has 0 aromatic heterocycles. The first kappa shape index (κ1) is 23.2. The molecule has 0 aliphatic carbocycles. The van der Waals surface area contributed by atoms with Gasteiger partial charge >= 0.3 is 5.97 Å². The second-order valence-electron chi connectivity index (χ2n) is 7.12. The first-order chi connectivity index (χ1) is 15.6. The predicted octanol–water partition coefficient (Wildman–Crippen LogP) is 4.55. The van der Waals surface area contributed by atoms with Gasteiger partial charge in [-0.1, -0.05) is 91.1 Å². The van der Waals surface area contributed by atoms with Crippen molar-refractivity contribution in [3.8, 4) is 0 Å². The summed E-state index contributed by atoms with van der Waals surface area (Å²) in [6, 6.07) is 27.9. The number of benzene rings is 3. The summed E-state index contributed by atoms with van der Waals surface area (Å²) in [5.41, 5.74) is 2.40. The number of ether oxygens (including phenoxy) is 1. The van der Waals surface area contributed by atoms with E-state index in [0.29, 0.717) is 23.7 Å². The van der Waals surface area contributed by atoms with Gasteiger partial charge in [0.05, 0.1) is 6.61 Å². The summed E-state index contributed by atoms with van der Waals surface area (Å²) in [6.07, 6.45) is 0. The number of rotatable bonds is 9. The van der Waals surface area contributed by atoms with Crippen molar-refractivity contribution in [3.05, 3.63) is 108 Å². The number of thiocarbonyl (C=S) groups is 1. The van der Waals surface area contributed by atoms with Crippen LogP contribution in [0, 0.1) is 0 Å². The summed E-state index contributed by atoms with van der Waals surface area (Å²) in [6.45, 7) is 2.34. The Morgan fingerprint density at radius 2 is 1.47 bits per heavy atom. The molecule has 1 unspecified atom stereocenters. The number of esters is 1. The van der Waals surface area contributed by atoms with Crippen molar-refractivity contribution in [3.63, 3.8) is 0 Å². The zero-order chi connectivity index (χ0) is 22.8. The van der Waals surface area contributed by atoms with Crippen molar-refractivity contribution in [1.82, 2.24) is 10.2 Å². The minimum Gasteiger partial charge on any atom is -0.465 e. The highest BCUT2D eigenvalue weighted by molar-refractivity contribution is 7.80. The van der Waals surface area contributed by atoms with Crippen LogP contribution in [0.25, 0.3) is 0 Å². The third kappa shape index (κ3) is 6.25. The molecule has 32 heavy (non-hydrogen) atoms. The number of nitrogens with one attached hydrogen (secondary N) is 1. The molecule has 6 heteroatoms. The Hall–Kier alpha value is -3.51. The Balaban J connectivity index is 1.98. The molecule has 0 aliphatic rings. The van der Waals surface area contributed by atoms with Crippen molar-refractivity contribution < 1.29 is 14.3 Å². The van der Waals surface area contributed by atoms with Crippen LogP contribution in [0.5, 0.6) is 0 Å². The maximum absolute atomic E-state index is 13.7. The lowest BCUT2D eigenvalue weighted by Crippen LogP contribution is -2.44. The van der Waals surface area contributed by atoms with Crippen LogP contribution in [0.4, 0.5) is 0 Å². The highest BCUT2D eigenvalue weighted by atomic mass is 32.1. The number of amides is 1. The van der Waals surface area contributed by atoms with Gasteiger partial charge in [-0.2, -0.15) is 0 Å². The lowest BCUT2D eigenvalue weighted by molar-refractivity contribution is -0.141. The van der Waals surface area contributed by atoms with Crippen LogP contribution in [0.2, 0.25) is 0 Å². The molecule has 1 amide bonds. The molecular weight excluding hydrogens is 420 g/mol. The van der Waals surface area contributed by atoms with E-state index in [2.05, 4.69) is 5.32 Å². The molecule has 0 saturated carbocycles. The zero-order valence-corrected chi connectivity index (χ0v) is 18.8. The Morgan fingerprint density at radius 3 is 2.06 bits per heavy atom. The van der Waals surface area contributed by atoms with Gasteiger partial charge in [-0.25, -0.2) is 0 Å². The van der Waals surface area contributed by atoms with E-state index in [-0.39, 0.29) is 12.5 Å². The molecule has 5 nitrogen and oxygen atoms in total. The molecule has 0 fully saturated rings. The minimum atomic E-state index is -0.562. The van der Waals surface area contributed by atoms with Gasteiger partial charge < -0.3 is 15.0 Å². The van der Waals surface area contributed by atoms with Gasteiger partial charge in [0, 0.05) is 12.1 Å². The quantitative estimate of drug-likeness (QED) is 0.386. The van der Waals surface area contributed by atoms with E-state index in [1.54, 1.807) is 24.0 Å². The molecule has 0 bridgehead atoms. The van der Waals surface area contributed by atoms with E-state index in [9.17, 15) is 9.59 Å². The fraction of sp³-hybridized carbons (Fsp3) is 0.192. The molecule has 164 valence electrons.